The van der Waals surface area contributed by atoms with Gasteiger partial charge in [0.25, 0.3) is 23.6 Å². The average Bonchev–Trinajstić information content (AvgIpc) is 2.31. The smallest absolute Gasteiger partial charge is 0.338 e. The first kappa shape index (κ1) is 65.1. The molecule has 0 atom stereocenters. The Hall–Kier alpha value is -5.47. The molecule has 0 bridgehead atoms. The van der Waals surface area contributed by atoms with Gasteiger partial charge in [0.05, 0.1) is 40.1 Å². The molecule has 446 valence electrons. The fourth-order valence-electron chi connectivity index (χ4n) is 11.0. The number of ether oxygens (including phenoxy) is 4. The van der Waals surface area contributed by atoms with Crippen molar-refractivity contribution in [3.05, 3.63) is 136 Å². The SMILES string of the molecule is CCCC[Si](C)(C)O[Si](C)(C)O[Si](C)(C)O[Si](C)(C)O[Si](C)(C)O[Si](C)(C)O[Si](C)(C)CCCCOC(=O)c1cc(Oc2cccc(C)c2)cc(Oc2ccc(N3C(=O)c4ccc(Oc5ccc6c(c5)C(=O)NC6=O)cc4C3=O)c(C)c2)c1. The molecule has 4 amide bonds. The quantitative estimate of drug-likeness (QED) is 0.0215. The van der Waals surface area contributed by atoms with E-state index in [1.807, 2.05) is 31.2 Å². The van der Waals surface area contributed by atoms with E-state index >= 15 is 0 Å². The molecule has 17 nitrogen and oxygen atoms in total. The zero-order valence-electron chi connectivity index (χ0n) is 51.3. The Kier molecular flexibility index (Phi) is 20.1. The fourth-order valence-corrected chi connectivity index (χ4v) is 46.4. The van der Waals surface area contributed by atoms with E-state index in [0.717, 1.165) is 41.8 Å². The number of carbonyl (C=O) groups is 5. The van der Waals surface area contributed by atoms with Crippen molar-refractivity contribution in [2.75, 3.05) is 11.5 Å². The van der Waals surface area contributed by atoms with E-state index in [4.69, 9.17) is 43.6 Å². The van der Waals surface area contributed by atoms with Crippen LogP contribution in [0.4, 0.5) is 5.69 Å². The van der Waals surface area contributed by atoms with Crippen molar-refractivity contribution in [2.24, 2.45) is 0 Å². The minimum Gasteiger partial charge on any atom is -0.462 e. The van der Waals surface area contributed by atoms with Crippen molar-refractivity contribution in [2.45, 2.75) is 150 Å². The molecule has 2 aliphatic rings. The van der Waals surface area contributed by atoms with Crippen molar-refractivity contribution in [1.82, 2.24) is 5.32 Å². The summed E-state index contributed by atoms with van der Waals surface area (Å²) in [6.07, 6.45) is 3.71. The number of benzene rings is 5. The molecule has 2 heterocycles. The Bertz CT molecular complexity index is 3270. The Morgan fingerprint density at radius 3 is 1.46 bits per heavy atom. The number of amides is 4. The summed E-state index contributed by atoms with van der Waals surface area (Å²) in [7, 11) is -17.3. The zero-order chi connectivity index (χ0) is 61.1. The predicted molar refractivity (Wildman–Crippen MR) is 338 cm³/mol. The average molecular weight is 1260 g/mol. The highest BCUT2D eigenvalue weighted by Crippen LogP contribution is 2.38. The van der Waals surface area contributed by atoms with E-state index in [1.54, 1.807) is 55.5 Å². The first-order chi connectivity index (χ1) is 38.5. The molecule has 24 heteroatoms. The van der Waals surface area contributed by atoms with Gasteiger partial charge in [0.1, 0.15) is 34.5 Å². The Labute approximate surface area is 497 Å². The van der Waals surface area contributed by atoms with Crippen LogP contribution in [0, 0.1) is 13.8 Å². The summed E-state index contributed by atoms with van der Waals surface area (Å²) in [5, 5.41) is 2.25. The Morgan fingerprint density at radius 1 is 0.458 bits per heavy atom. The lowest BCUT2D eigenvalue weighted by atomic mass is 10.1. The summed E-state index contributed by atoms with van der Waals surface area (Å²) in [6.45, 7) is 35.9. The number of anilines is 1. The fraction of sp³-hybridized carbons (Fsp3) is 0.407. The largest absolute Gasteiger partial charge is 0.462 e. The number of esters is 1. The molecule has 1 N–H and O–H groups in total. The summed E-state index contributed by atoms with van der Waals surface area (Å²) < 4.78 is 65.4. The first-order valence-corrected chi connectivity index (χ1v) is 48.6. The second kappa shape index (κ2) is 25.6. The summed E-state index contributed by atoms with van der Waals surface area (Å²) in [5.74, 6) is -0.491. The van der Waals surface area contributed by atoms with Crippen LogP contribution in [0.15, 0.2) is 97.1 Å². The topological polar surface area (TPSA) is 193 Å². The van der Waals surface area contributed by atoms with Gasteiger partial charge < -0.3 is 43.6 Å². The zero-order valence-corrected chi connectivity index (χ0v) is 58.3. The monoisotopic (exact) mass is 1250 g/mol. The molecule has 0 saturated heterocycles. The van der Waals surface area contributed by atoms with Crippen LogP contribution < -0.4 is 24.4 Å². The third-order valence-electron chi connectivity index (χ3n) is 13.3. The second-order valence-corrected chi connectivity index (χ2v) is 51.7. The third-order valence-corrected chi connectivity index (χ3v) is 40.5. The van der Waals surface area contributed by atoms with Crippen LogP contribution in [0.2, 0.25) is 104 Å². The number of carbonyl (C=O) groups excluding carboxylic acids is 5. The highest BCUT2D eigenvalue weighted by atomic mass is 28.5. The molecule has 0 aromatic heterocycles. The first-order valence-electron chi connectivity index (χ1n) is 28.3. The molecular weight excluding hydrogens is 1170 g/mol. The molecule has 5 aromatic carbocycles. The van der Waals surface area contributed by atoms with Crippen LogP contribution >= 0.6 is 0 Å². The minimum absolute atomic E-state index is 0.139. The van der Waals surface area contributed by atoms with E-state index in [9.17, 15) is 24.0 Å². The number of hydrogen-bond acceptors (Lipinski definition) is 15. The highest BCUT2D eigenvalue weighted by Gasteiger charge is 2.48. The third kappa shape index (κ3) is 18.0. The van der Waals surface area contributed by atoms with Gasteiger partial charge in [-0.3, -0.25) is 24.5 Å². The van der Waals surface area contributed by atoms with Crippen LogP contribution in [0.5, 0.6) is 34.5 Å². The molecule has 83 heavy (non-hydrogen) atoms. The number of hydrogen-bond donors (Lipinski definition) is 1. The van der Waals surface area contributed by atoms with Crippen LogP contribution in [0.1, 0.15) is 95.5 Å². The number of imide groups is 2. The van der Waals surface area contributed by atoms with Crippen LogP contribution in [0.25, 0.3) is 0 Å². The maximum absolute atomic E-state index is 13.9. The van der Waals surface area contributed by atoms with Crippen molar-refractivity contribution in [1.29, 1.82) is 0 Å². The summed E-state index contributed by atoms with van der Waals surface area (Å²) in [6, 6.07) is 28.3. The lowest BCUT2D eigenvalue weighted by Crippen LogP contribution is -2.60. The van der Waals surface area contributed by atoms with Gasteiger partial charge >= 0.3 is 48.8 Å². The highest BCUT2D eigenvalue weighted by molar-refractivity contribution is 6.92. The molecule has 0 radical (unpaired) electrons. The van der Waals surface area contributed by atoms with E-state index in [-0.39, 0.29) is 45.9 Å². The lowest BCUT2D eigenvalue weighted by Gasteiger charge is -2.44. The van der Waals surface area contributed by atoms with E-state index < -0.39 is 89.0 Å². The van der Waals surface area contributed by atoms with Gasteiger partial charge in [0, 0.05) is 6.07 Å². The standard InChI is InChI=1S/C59H82N2O15Si7/c1-18-19-32-77(4,5)71-79(8,9)73-81(12,13)75-83(16,17)76-82(14,15)74-80(10,11)72-78(6,7)33-21-20-31-67-59(66)43-36-48(69-44-24-22-23-41(2)34-44)38-49(37-43)70-45-27-30-54(42(3)35-45)61-57(64)51-29-26-47(40-53(51)58(61)65)68-46-25-28-50-52(39-46)56(63)60-55(50)62/h22-30,34-40H,18-21,31-33H2,1-17H3,(H,60,62,63). The van der Waals surface area contributed by atoms with Crippen molar-refractivity contribution < 1.29 is 67.6 Å². The van der Waals surface area contributed by atoms with Gasteiger partial charge in [-0.25, -0.2) is 9.69 Å². The number of nitrogens with one attached hydrogen (secondary N) is 1. The van der Waals surface area contributed by atoms with Gasteiger partial charge in [-0.2, -0.15) is 0 Å². The number of nitrogens with zero attached hydrogens (tertiary/aromatic N) is 1. The lowest BCUT2D eigenvalue weighted by molar-refractivity contribution is 0.0498. The summed E-state index contributed by atoms with van der Waals surface area (Å²) in [4.78, 5) is 66.8. The molecule has 0 spiro atoms. The molecule has 0 fully saturated rings. The van der Waals surface area contributed by atoms with E-state index in [0.29, 0.717) is 40.7 Å². The number of aryl methyl sites for hydroxylation is 2. The molecule has 5 aromatic rings. The van der Waals surface area contributed by atoms with Crippen molar-refractivity contribution >= 4 is 94.7 Å². The Morgan fingerprint density at radius 2 is 0.916 bits per heavy atom. The molecule has 7 rings (SSSR count). The molecule has 0 aliphatic carbocycles. The van der Waals surface area contributed by atoms with Crippen LogP contribution in [0.3, 0.4) is 0 Å². The van der Waals surface area contributed by atoms with Gasteiger partial charge in [-0.1, -0.05) is 38.3 Å². The normalized spacial score (nSPS) is 14.2. The number of rotatable bonds is 28. The summed E-state index contributed by atoms with van der Waals surface area (Å²) in [5.41, 5.74) is 2.89. The molecular formula is C59H82N2O15Si7. The van der Waals surface area contributed by atoms with Crippen molar-refractivity contribution in [3.8, 4) is 34.5 Å². The predicted octanol–water partition coefficient (Wildman–Crippen LogP) is 15.1. The number of unbranched alkanes of at least 4 members (excludes halogenated alkanes) is 2. The van der Waals surface area contributed by atoms with Gasteiger partial charge in [-0.05, 0) is 214 Å². The minimum atomic E-state index is -2.74. The van der Waals surface area contributed by atoms with Gasteiger partial charge in [0.2, 0.25) is 0 Å². The second-order valence-electron chi connectivity index (χ2n) is 24.7. The Balaban J connectivity index is 0.940. The molecule has 2 aliphatic heterocycles. The van der Waals surface area contributed by atoms with Crippen LogP contribution in [-0.4, -0.2) is 95.6 Å². The van der Waals surface area contributed by atoms with E-state index in [2.05, 4.69) is 104 Å². The maximum atomic E-state index is 13.9. The van der Waals surface area contributed by atoms with Crippen LogP contribution in [-0.2, 0) is 29.4 Å². The number of fused-ring (bicyclic) bond motifs is 2. The summed E-state index contributed by atoms with van der Waals surface area (Å²) >= 11 is 0. The molecule has 0 unspecified atom stereocenters. The molecule has 0 saturated carbocycles. The maximum Gasteiger partial charge on any atom is 0.338 e. The van der Waals surface area contributed by atoms with Gasteiger partial charge in [0.15, 0.2) is 16.6 Å². The van der Waals surface area contributed by atoms with E-state index in [1.165, 1.54) is 24.3 Å². The van der Waals surface area contributed by atoms with Gasteiger partial charge in [-0.15, -0.1) is 0 Å². The van der Waals surface area contributed by atoms with Crippen molar-refractivity contribution in [3.63, 3.8) is 0 Å².